The van der Waals surface area contributed by atoms with Crippen molar-refractivity contribution in [3.63, 3.8) is 0 Å². The number of amides is 4. The maximum absolute atomic E-state index is 13.3. The first-order chi connectivity index (χ1) is 17.8. The number of aromatic nitrogens is 2. The molecule has 0 radical (unpaired) electrons. The molecule has 0 saturated carbocycles. The fourth-order valence-electron chi connectivity index (χ4n) is 5.70. The third kappa shape index (κ3) is 3.73. The van der Waals surface area contributed by atoms with Gasteiger partial charge < -0.3 is 15.1 Å². The van der Waals surface area contributed by atoms with Gasteiger partial charge in [0.05, 0.1) is 17.9 Å². The van der Waals surface area contributed by atoms with Crippen LogP contribution in [0.15, 0.2) is 42.7 Å². The van der Waals surface area contributed by atoms with E-state index in [9.17, 15) is 29.4 Å². The number of nitrogens with one attached hydrogen (secondary N) is 1. The second-order valence-corrected chi connectivity index (χ2v) is 9.70. The molecule has 2 atom stereocenters. The van der Waals surface area contributed by atoms with E-state index in [-0.39, 0.29) is 30.7 Å². The average molecular weight is 504 g/mol. The molecule has 11 heteroatoms. The van der Waals surface area contributed by atoms with Crippen molar-refractivity contribution in [1.82, 2.24) is 20.0 Å². The third-order valence-electron chi connectivity index (χ3n) is 7.62. The van der Waals surface area contributed by atoms with E-state index in [0.717, 1.165) is 0 Å². The number of piperidine rings is 2. The van der Waals surface area contributed by atoms with Gasteiger partial charge in [0.1, 0.15) is 12.1 Å². The molecule has 2 fully saturated rings. The summed E-state index contributed by atoms with van der Waals surface area (Å²) in [5.41, 5.74) is 2.24. The second-order valence-electron chi connectivity index (χ2n) is 9.70. The number of aliphatic hydroxyl groups is 1. The zero-order valence-corrected chi connectivity index (χ0v) is 19.8. The maximum Gasteiger partial charge on any atom is 0.407 e. The standard InChI is InChI=1S/C26H25N5O6/c32-21-7-6-20(24(34)28-21)31-19-5-4-17(16-2-1-3-18(22(16)19)25(31)35)23(33)14-12-27-30(13-14)15-8-10-29(11-9-15)26(36)37/h1-5,12-13,15,20,23,33H,6-11H2,(H,36,37)(H,28,32,34). The van der Waals surface area contributed by atoms with E-state index in [1.54, 1.807) is 41.3 Å². The normalized spacial score (nSPS) is 21.0. The molecule has 11 nitrogen and oxygen atoms in total. The Hall–Kier alpha value is -4.25. The highest BCUT2D eigenvalue weighted by Gasteiger charge is 2.41. The van der Waals surface area contributed by atoms with Crippen LogP contribution in [0.25, 0.3) is 10.8 Å². The van der Waals surface area contributed by atoms with Crippen LogP contribution >= 0.6 is 0 Å². The number of likely N-dealkylation sites (tertiary alicyclic amines) is 1. The highest BCUT2D eigenvalue weighted by Crippen LogP contribution is 2.43. The van der Waals surface area contributed by atoms with E-state index in [1.807, 2.05) is 6.07 Å². The monoisotopic (exact) mass is 503 g/mol. The van der Waals surface area contributed by atoms with Crippen molar-refractivity contribution in [3.8, 4) is 0 Å². The number of hydrogen-bond acceptors (Lipinski definition) is 6. The first-order valence-corrected chi connectivity index (χ1v) is 12.3. The SMILES string of the molecule is O=C1CCC(N2C(=O)c3cccc4c(C(O)c5cnn(C6CCN(C(=O)O)CC6)c5)ccc2c34)C(=O)N1. The number of carbonyl (C=O) groups excluding carboxylic acids is 3. The van der Waals surface area contributed by atoms with Crippen LogP contribution < -0.4 is 10.2 Å². The van der Waals surface area contributed by atoms with Crippen molar-refractivity contribution in [2.75, 3.05) is 18.0 Å². The number of hydrogen-bond donors (Lipinski definition) is 3. The minimum atomic E-state index is -1.00. The molecule has 6 rings (SSSR count). The van der Waals surface area contributed by atoms with Crippen molar-refractivity contribution in [2.24, 2.45) is 0 Å². The Kier molecular flexibility index (Phi) is 5.45. The Balaban J connectivity index is 1.31. The van der Waals surface area contributed by atoms with Gasteiger partial charge in [-0.25, -0.2) is 4.79 Å². The third-order valence-corrected chi connectivity index (χ3v) is 7.62. The summed E-state index contributed by atoms with van der Waals surface area (Å²) in [6.45, 7) is 0.870. The van der Waals surface area contributed by atoms with Gasteiger partial charge in [0, 0.05) is 42.2 Å². The van der Waals surface area contributed by atoms with Crippen LogP contribution in [0.2, 0.25) is 0 Å². The number of rotatable bonds is 4. The van der Waals surface area contributed by atoms with Crippen molar-refractivity contribution in [3.05, 3.63) is 59.4 Å². The van der Waals surface area contributed by atoms with Crippen LogP contribution in [-0.2, 0) is 9.59 Å². The molecule has 4 amide bonds. The molecule has 37 heavy (non-hydrogen) atoms. The lowest BCUT2D eigenvalue weighted by atomic mass is 9.95. The molecule has 2 aromatic carbocycles. The number of carbonyl (C=O) groups is 4. The molecule has 3 aliphatic rings. The van der Waals surface area contributed by atoms with Crippen LogP contribution in [0.5, 0.6) is 0 Å². The number of carboxylic acid groups (broad SMARTS) is 1. The van der Waals surface area contributed by atoms with E-state index >= 15 is 0 Å². The van der Waals surface area contributed by atoms with Gasteiger partial charge in [0.25, 0.3) is 5.91 Å². The second kappa shape index (κ2) is 8.70. The molecule has 3 aliphatic heterocycles. The molecule has 0 bridgehead atoms. The smallest absolute Gasteiger partial charge is 0.407 e. The highest BCUT2D eigenvalue weighted by molar-refractivity contribution is 6.27. The van der Waals surface area contributed by atoms with Gasteiger partial charge in [-0.15, -0.1) is 0 Å². The lowest BCUT2D eigenvalue weighted by molar-refractivity contribution is -0.134. The number of nitrogens with zero attached hydrogens (tertiary/aromatic N) is 4. The predicted molar refractivity (Wildman–Crippen MR) is 131 cm³/mol. The summed E-state index contributed by atoms with van der Waals surface area (Å²) in [6.07, 6.45) is 3.17. The van der Waals surface area contributed by atoms with Crippen LogP contribution in [-0.4, -0.2) is 67.8 Å². The first kappa shape index (κ1) is 23.2. The minimum Gasteiger partial charge on any atom is -0.465 e. The highest BCUT2D eigenvalue weighted by atomic mass is 16.4. The Morgan fingerprint density at radius 3 is 2.59 bits per heavy atom. The number of aliphatic hydroxyl groups excluding tert-OH is 1. The van der Waals surface area contributed by atoms with Crippen LogP contribution in [0.4, 0.5) is 10.5 Å². The lowest BCUT2D eigenvalue weighted by Gasteiger charge is -2.30. The zero-order chi connectivity index (χ0) is 25.8. The fraction of sp³-hybridized carbons (Fsp3) is 0.346. The van der Waals surface area contributed by atoms with Crippen molar-refractivity contribution in [1.29, 1.82) is 0 Å². The molecule has 2 saturated heterocycles. The molecule has 3 N–H and O–H groups in total. The summed E-state index contributed by atoms with van der Waals surface area (Å²) in [6, 6.07) is 8.07. The molecule has 1 aromatic heterocycles. The van der Waals surface area contributed by atoms with Gasteiger partial charge in [-0.3, -0.25) is 29.3 Å². The molecular weight excluding hydrogens is 478 g/mol. The molecule has 2 unspecified atom stereocenters. The summed E-state index contributed by atoms with van der Waals surface area (Å²) in [5.74, 6) is -1.14. The van der Waals surface area contributed by atoms with E-state index in [2.05, 4.69) is 10.4 Å². The van der Waals surface area contributed by atoms with E-state index in [0.29, 0.717) is 59.1 Å². The van der Waals surface area contributed by atoms with Gasteiger partial charge in [0.15, 0.2) is 0 Å². The lowest BCUT2D eigenvalue weighted by Crippen LogP contribution is -2.53. The number of anilines is 1. The van der Waals surface area contributed by atoms with Crippen LogP contribution in [0.3, 0.4) is 0 Å². The Morgan fingerprint density at radius 2 is 1.86 bits per heavy atom. The molecular formula is C26H25N5O6. The summed E-state index contributed by atoms with van der Waals surface area (Å²) in [5, 5.41) is 28.6. The summed E-state index contributed by atoms with van der Waals surface area (Å²) in [4.78, 5) is 51.5. The van der Waals surface area contributed by atoms with E-state index in [1.165, 1.54) is 9.80 Å². The van der Waals surface area contributed by atoms with Gasteiger partial charge in [-0.1, -0.05) is 18.2 Å². The van der Waals surface area contributed by atoms with Gasteiger partial charge >= 0.3 is 6.09 Å². The van der Waals surface area contributed by atoms with Crippen molar-refractivity contribution >= 4 is 40.3 Å². The number of benzene rings is 2. The van der Waals surface area contributed by atoms with Crippen molar-refractivity contribution < 1.29 is 29.4 Å². The minimum absolute atomic E-state index is 0.0454. The van der Waals surface area contributed by atoms with E-state index < -0.39 is 24.1 Å². The fourth-order valence-corrected chi connectivity index (χ4v) is 5.70. The Morgan fingerprint density at radius 1 is 1.08 bits per heavy atom. The summed E-state index contributed by atoms with van der Waals surface area (Å²) < 4.78 is 1.78. The van der Waals surface area contributed by atoms with Gasteiger partial charge in [-0.05, 0) is 42.3 Å². The van der Waals surface area contributed by atoms with Crippen molar-refractivity contribution in [2.45, 2.75) is 43.9 Å². The molecule has 0 spiro atoms. The predicted octanol–water partition coefficient (Wildman–Crippen LogP) is 2.20. The van der Waals surface area contributed by atoms with E-state index in [4.69, 9.17) is 0 Å². The first-order valence-electron chi connectivity index (χ1n) is 12.3. The van der Waals surface area contributed by atoms with Crippen LogP contribution in [0.1, 0.15) is 59.3 Å². The summed E-state index contributed by atoms with van der Waals surface area (Å²) in [7, 11) is 0. The molecule has 0 aliphatic carbocycles. The van der Waals surface area contributed by atoms with Gasteiger partial charge in [-0.2, -0.15) is 5.10 Å². The molecule has 4 heterocycles. The quantitative estimate of drug-likeness (QED) is 0.463. The Labute approximate surface area is 211 Å². The molecule has 3 aromatic rings. The Bertz CT molecular complexity index is 1460. The summed E-state index contributed by atoms with van der Waals surface area (Å²) >= 11 is 0. The van der Waals surface area contributed by atoms with Gasteiger partial charge in [0.2, 0.25) is 11.8 Å². The molecule has 190 valence electrons. The van der Waals surface area contributed by atoms with Crippen LogP contribution in [0, 0.1) is 0 Å². The topological polar surface area (TPSA) is 145 Å². The number of imide groups is 1. The average Bonchev–Trinajstić information content (AvgIpc) is 3.49. The maximum atomic E-state index is 13.3. The zero-order valence-electron chi connectivity index (χ0n) is 19.8. The largest absolute Gasteiger partial charge is 0.465 e.